The van der Waals surface area contributed by atoms with Gasteiger partial charge in [-0.1, -0.05) is 17.8 Å². The lowest BCUT2D eigenvalue weighted by molar-refractivity contribution is -0.137. The summed E-state index contributed by atoms with van der Waals surface area (Å²) < 4.78 is 50.8. The number of thioether (sulfide) groups is 1. The van der Waals surface area contributed by atoms with Crippen molar-refractivity contribution in [1.82, 2.24) is 20.1 Å². The van der Waals surface area contributed by atoms with Crippen LogP contribution in [0.4, 0.5) is 13.2 Å². The van der Waals surface area contributed by atoms with Crippen LogP contribution in [0.1, 0.15) is 24.1 Å². The second-order valence-corrected chi connectivity index (χ2v) is 7.04. The number of halogens is 3. The molecule has 7 nitrogen and oxygen atoms in total. The van der Waals surface area contributed by atoms with Gasteiger partial charge in [0.25, 0.3) is 0 Å². The molecule has 3 aromatic rings. The lowest BCUT2D eigenvalue weighted by Crippen LogP contribution is -2.24. The molecule has 0 aliphatic carbocycles. The number of benzene rings is 1. The van der Waals surface area contributed by atoms with E-state index < -0.39 is 11.7 Å². The Labute approximate surface area is 174 Å². The van der Waals surface area contributed by atoms with E-state index in [1.807, 2.05) is 6.92 Å². The van der Waals surface area contributed by atoms with Crippen LogP contribution in [0, 0.1) is 0 Å². The van der Waals surface area contributed by atoms with E-state index in [9.17, 15) is 18.0 Å². The van der Waals surface area contributed by atoms with Crippen molar-refractivity contribution in [2.45, 2.75) is 38.0 Å². The van der Waals surface area contributed by atoms with Crippen LogP contribution in [0.3, 0.4) is 0 Å². The number of nitrogens with zero attached hydrogens (tertiary/aromatic N) is 3. The van der Waals surface area contributed by atoms with Gasteiger partial charge in [0.15, 0.2) is 11.0 Å². The maximum Gasteiger partial charge on any atom is 0.416 e. The highest BCUT2D eigenvalue weighted by Crippen LogP contribution is 2.31. The van der Waals surface area contributed by atoms with Gasteiger partial charge in [0.2, 0.25) is 5.91 Å². The average molecular weight is 440 g/mol. The molecule has 0 unspecified atom stereocenters. The Morgan fingerprint density at radius 3 is 2.80 bits per heavy atom. The minimum atomic E-state index is -4.44. The molecule has 0 saturated heterocycles. The summed E-state index contributed by atoms with van der Waals surface area (Å²) in [7, 11) is 0. The second kappa shape index (κ2) is 9.70. The summed E-state index contributed by atoms with van der Waals surface area (Å²) in [5.74, 6) is 1.13. The third-order valence-electron chi connectivity index (χ3n) is 4.01. The molecule has 1 N–H and O–H groups in total. The van der Waals surface area contributed by atoms with Crippen LogP contribution in [0.15, 0.2) is 52.2 Å². The first kappa shape index (κ1) is 21.8. The molecule has 0 fully saturated rings. The summed E-state index contributed by atoms with van der Waals surface area (Å²) in [6, 6.07) is 8.14. The Morgan fingerprint density at radius 2 is 2.10 bits per heavy atom. The quantitative estimate of drug-likeness (QED) is 0.509. The molecule has 1 amide bonds. The fourth-order valence-corrected chi connectivity index (χ4v) is 3.39. The second-order valence-electron chi connectivity index (χ2n) is 6.10. The maximum absolute atomic E-state index is 12.8. The van der Waals surface area contributed by atoms with Gasteiger partial charge in [-0.05, 0) is 37.3 Å². The van der Waals surface area contributed by atoms with Gasteiger partial charge in [0.05, 0.1) is 24.1 Å². The molecule has 0 aliphatic heterocycles. The van der Waals surface area contributed by atoms with Gasteiger partial charge in [-0.25, -0.2) is 0 Å². The Bertz CT molecular complexity index is 974. The fraction of sp³-hybridized carbons (Fsp3) is 0.316. The molecular formula is C19H19F3N4O3S. The van der Waals surface area contributed by atoms with Gasteiger partial charge in [-0.2, -0.15) is 13.2 Å². The highest BCUT2D eigenvalue weighted by Gasteiger charge is 2.30. The predicted molar refractivity (Wildman–Crippen MR) is 103 cm³/mol. The van der Waals surface area contributed by atoms with Crippen LogP contribution in [-0.2, 0) is 30.7 Å². The third-order valence-corrected chi connectivity index (χ3v) is 4.98. The van der Waals surface area contributed by atoms with Crippen molar-refractivity contribution in [2.75, 3.05) is 5.75 Å². The van der Waals surface area contributed by atoms with Crippen LogP contribution in [0.5, 0.6) is 5.75 Å². The summed E-state index contributed by atoms with van der Waals surface area (Å²) in [5.41, 5.74) is -0.784. The standard InChI is InChI=1S/C19H19F3N4O3S/c1-2-26-16(11-29-14-6-3-5-13(9-14)19(20,21)22)24-25-18(26)30-12-17(27)23-10-15-7-4-8-28-15/h3-9H,2,10-12H2,1H3,(H,23,27). The van der Waals surface area contributed by atoms with Crippen molar-refractivity contribution < 1.29 is 27.1 Å². The van der Waals surface area contributed by atoms with E-state index in [2.05, 4.69) is 15.5 Å². The molecule has 3 rings (SSSR count). The molecule has 30 heavy (non-hydrogen) atoms. The summed E-state index contributed by atoms with van der Waals surface area (Å²) >= 11 is 1.21. The molecule has 0 spiro atoms. The van der Waals surface area contributed by atoms with Gasteiger partial charge in [0.1, 0.15) is 18.1 Å². The number of hydrogen-bond acceptors (Lipinski definition) is 6. The maximum atomic E-state index is 12.8. The molecule has 0 saturated carbocycles. The Hall–Kier alpha value is -2.95. The molecular weight excluding hydrogens is 421 g/mol. The van der Waals surface area contributed by atoms with Crippen LogP contribution >= 0.6 is 11.8 Å². The van der Waals surface area contributed by atoms with E-state index in [0.29, 0.717) is 29.8 Å². The fourth-order valence-electron chi connectivity index (χ4n) is 2.54. The van der Waals surface area contributed by atoms with Crippen molar-refractivity contribution >= 4 is 17.7 Å². The van der Waals surface area contributed by atoms with E-state index in [4.69, 9.17) is 9.15 Å². The summed E-state index contributed by atoms with van der Waals surface area (Å²) in [6.07, 6.45) is -2.91. The smallest absolute Gasteiger partial charge is 0.416 e. The summed E-state index contributed by atoms with van der Waals surface area (Å²) in [6.45, 7) is 2.64. The van der Waals surface area contributed by atoms with E-state index in [1.165, 1.54) is 30.2 Å². The number of hydrogen-bond donors (Lipinski definition) is 1. The highest BCUT2D eigenvalue weighted by molar-refractivity contribution is 7.99. The van der Waals surface area contributed by atoms with Gasteiger partial charge >= 0.3 is 6.18 Å². The molecule has 0 radical (unpaired) electrons. The number of rotatable bonds is 9. The molecule has 0 bridgehead atoms. The topological polar surface area (TPSA) is 82.2 Å². The van der Waals surface area contributed by atoms with Crippen molar-refractivity contribution in [2.24, 2.45) is 0 Å². The zero-order valence-electron chi connectivity index (χ0n) is 16.0. The van der Waals surface area contributed by atoms with Gasteiger partial charge in [0, 0.05) is 6.54 Å². The number of ether oxygens (including phenoxy) is 1. The average Bonchev–Trinajstić information content (AvgIpc) is 3.38. The van der Waals surface area contributed by atoms with Crippen LogP contribution in [0.2, 0.25) is 0 Å². The molecule has 0 atom stereocenters. The minimum absolute atomic E-state index is 0.0482. The third kappa shape index (κ3) is 5.78. The highest BCUT2D eigenvalue weighted by atomic mass is 32.2. The summed E-state index contributed by atoms with van der Waals surface area (Å²) in [4.78, 5) is 12.0. The zero-order chi connectivity index (χ0) is 21.6. The largest absolute Gasteiger partial charge is 0.486 e. The monoisotopic (exact) mass is 440 g/mol. The van der Waals surface area contributed by atoms with E-state index in [-0.39, 0.29) is 24.0 Å². The predicted octanol–water partition coefficient (Wildman–Crippen LogP) is 3.90. The molecule has 160 valence electrons. The molecule has 2 aromatic heterocycles. The number of furan rings is 1. The molecule has 1 aromatic carbocycles. The normalized spacial score (nSPS) is 11.5. The van der Waals surface area contributed by atoms with Crippen molar-refractivity contribution in [3.63, 3.8) is 0 Å². The lowest BCUT2D eigenvalue weighted by Gasteiger charge is -2.11. The first-order chi connectivity index (χ1) is 14.4. The van der Waals surface area contributed by atoms with Crippen LogP contribution < -0.4 is 10.1 Å². The van der Waals surface area contributed by atoms with Crippen LogP contribution in [-0.4, -0.2) is 26.4 Å². The number of aromatic nitrogens is 3. The SMILES string of the molecule is CCn1c(COc2cccc(C(F)(F)F)c2)nnc1SCC(=O)NCc1ccco1. The van der Waals surface area contributed by atoms with Gasteiger partial charge in [-0.15, -0.1) is 10.2 Å². The number of amides is 1. The molecule has 11 heteroatoms. The van der Waals surface area contributed by atoms with Gasteiger partial charge < -0.3 is 19.0 Å². The molecule has 2 heterocycles. The number of alkyl halides is 3. The van der Waals surface area contributed by atoms with Crippen LogP contribution in [0.25, 0.3) is 0 Å². The first-order valence-electron chi connectivity index (χ1n) is 9.01. The Balaban J connectivity index is 1.55. The van der Waals surface area contributed by atoms with Crippen molar-refractivity contribution in [3.05, 3.63) is 59.8 Å². The van der Waals surface area contributed by atoms with Gasteiger partial charge in [-0.3, -0.25) is 4.79 Å². The van der Waals surface area contributed by atoms with E-state index in [0.717, 1.165) is 12.1 Å². The van der Waals surface area contributed by atoms with Crippen molar-refractivity contribution in [3.8, 4) is 5.75 Å². The van der Waals surface area contributed by atoms with E-state index in [1.54, 1.807) is 16.7 Å². The molecule has 0 aliphatic rings. The Kier molecular flexibility index (Phi) is 7.03. The number of carbonyl (C=O) groups excluding carboxylic acids is 1. The zero-order valence-corrected chi connectivity index (χ0v) is 16.8. The van der Waals surface area contributed by atoms with Crippen molar-refractivity contribution in [1.29, 1.82) is 0 Å². The number of nitrogens with one attached hydrogen (secondary N) is 1. The lowest BCUT2D eigenvalue weighted by atomic mass is 10.2. The number of carbonyl (C=O) groups is 1. The Morgan fingerprint density at radius 1 is 1.27 bits per heavy atom. The minimum Gasteiger partial charge on any atom is -0.486 e. The summed E-state index contributed by atoms with van der Waals surface area (Å²) in [5, 5.41) is 11.3. The van der Waals surface area contributed by atoms with E-state index >= 15 is 0 Å². The first-order valence-corrected chi connectivity index (χ1v) is 9.99.